The van der Waals surface area contributed by atoms with E-state index in [1.165, 1.54) is 5.56 Å². The molecule has 0 unspecified atom stereocenters. The van der Waals surface area contributed by atoms with E-state index in [0.29, 0.717) is 0 Å². The molecule has 0 spiro atoms. The van der Waals surface area contributed by atoms with Gasteiger partial charge >= 0.3 is 0 Å². The van der Waals surface area contributed by atoms with Crippen molar-refractivity contribution in [2.24, 2.45) is 0 Å². The summed E-state index contributed by atoms with van der Waals surface area (Å²) in [5.74, 6) is 0.859. The first-order valence-corrected chi connectivity index (χ1v) is 6.08. The Bertz CT molecular complexity index is 658. The highest BCUT2D eigenvalue weighted by atomic mass is 15.3. The fourth-order valence-electron chi connectivity index (χ4n) is 1.94. The van der Waals surface area contributed by atoms with Gasteiger partial charge in [0.15, 0.2) is 5.65 Å². The van der Waals surface area contributed by atoms with E-state index >= 15 is 0 Å². The Morgan fingerprint density at radius 3 is 2.72 bits per heavy atom. The summed E-state index contributed by atoms with van der Waals surface area (Å²) >= 11 is 0. The third-order valence-corrected chi connectivity index (χ3v) is 2.92. The number of hydrogen-bond acceptors (Lipinski definition) is 3. The number of nitrogens with zero attached hydrogens (tertiary/aromatic N) is 4. The van der Waals surface area contributed by atoms with Gasteiger partial charge in [-0.25, -0.2) is 14.6 Å². The Hall–Kier alpha value is -2.23. The fourth-order valence-corrected chi connectivity index (χ4v) is 1.94. The zero-order chi connectivity index (χ0) is 12.4. The second-order valence-electron chi connectivity index (χ2n) is 4.21. The molecule has 4 heteroatoms. The summed E-state index contributed by atoms with van der Waals surface area (Å²) < 4.78 is 1.92. The van der Waals surface area contributed by atoms with Crippen molar-refractivity contribution >= 4 is 11.0 Å². The average molecular weight is 238 g/mol. The normalized spacial score (nSPS) is 10.9. The molecular weight excluding hydrogens is 224 g/mol. The van der Waals surface area contributed by atoms with Gasteiger partial charge in [0.05, 0.1) is 18.1 Å². The number of benzene rings is 1. The molecule has 4 nitrogen and oxygen atoms in total. The summed E-state index contributed by atoms with van der Waals surface area (Å²) in [6.45, 7) is 2.80. The molecule has 90 valence electrons. The van der Waals surface area contributed by atoms with Crippen LogP contribution in [0.4, 0.5) is 0 Å². The van der Waals surface area contributed by atoms with Crippen LogP contribution in [0.25, 0.3) is 11.0 Å². The average Bonchev–Trinajstić information content (AvgIpc) is 2.82. The Labute approximate surface area is 105 Å². The quantitative estimate of drug-likeness (QED) is 0.704. The lowest BCUT2D eigenvalue weighted by Crippen LogP contribution is -2.03. The van der Waals surface area contributed by atoms with Crippen molar-refractivity contribution in [2.75, 3.05) is 0 Å². The van der Waals surface area contributed by atoms with Crippen molar-refractivity contribution in [3.8, 4) is 0 Å². The summed E-state index contributed by atoms with van der Waals surface area (Å²) in [4.78, 5) is 8.82. The molecule has 2 heterocycles. The van der Waals surface area contributed by atoms with E-state index in [0.717, 1.165) is 29.8 Å². The monoisotopic (exact) mass is 238 g/mol. The van der Waals surface area contributed by atoms with Crippen LogP contribution < -0.4 is 0 Å². The Morgan fingerprint density at radius 1 is 1.11 bits per heavy atom. The fraction of sp³-hybridized carbons (Fsp3) is 0.214. The molecule has 3 aromatic rings. The highest BCUT2D eigenvalue weighted by Crippen LogP contribution is 2.12. The minimum Gasteiger partial charge on any atom is -0.243 e. The summed E-state index contributed by atoms with van der Waals surface area (Å²) in [5.41, 5.74) is 2.13. The number of fused-ring (bicyclic) bond motifs is 1. The molecule has 0 aliphatic rings. The zero-order valence-electron chi connectivity index (χ0n) is 10.2. The Morgan fingerprint density at radius 2 is 1.94 bits per heavy atom. The highest BCUT2D eigenvalue weighted by Gasteiger charge is 2.06. The van der Waals surface area contributed by atoms with Crippen LogP contribution in [0.3, 0.4) is 0 Å². The van der Waals surface area contributed by atoms with E-state index < -0.39 is 0 Å². The van der Waals surface area contributed by atoms with Gasteiger partial charge in [0.1, 0.15) is 5.82 Å². The van der Waals surface area contributed by atoms with Crippen LogP contribution in [-0.2, 0) is 13.0 Å². The zero-order valence-corrected chi connectivity index (χ0v) is 10.2. The minimum absolute atomic E-state index is 0.741. The van der Waals surface area contributed by atoms with Crippen LogP contribution in [0.15, 0.2) is 42.7 Å². The van der Waals surface area contributed by atoms with Crippen LogP contribution in [0.1, 0.15) is 18.3 Å². The Balaban J connectivity index is 2.01. The van der Waals surface area contributed by atoms with Gasteiger partial charge < -0.3 is 0 Å². The van der Waals surface area contributed by atoms with Gasteiger partial charge in [-0.1, -0.05) is 37.3 Å². The standard InChI is InChI=1S/C14H14N4/c1-2-13-15-8-12-9-16-18(14(12)17-13)10-11-6-4-3-5-7-11/h3-9H,2,10H2,1H3. The van der Waals surface area contributed by atoms with E-state index in [9.17, 15) is 0 Å². The number of aromatic nitrogens is 4. The van der Waals surface area contributed by atoms with Gasteiger partial charge in [-0.05, 0) is 5.56 Å². The molecule has 0 aliphatic carbocycles. The molecule has 2 aromatic heterocycles. The minimum atomic E-state index is 0.741. The van der Waals surface area contributed by atoms with Gasteiger partial charge in [-0.15, -0.1) is 0 Å². The van der Waals surface area contributed by atoms with E-state index in [4.69, 9.17) is 0 Å². The summed E-state index contributed by atoms with van der Waals surface area (Å²) in [6.07, 6.45) is 4.50. The van der Waals surface area contributed by atoms with Crippen molar-refractivity contribution < 1.29 is 0 Å². The maximum atomic E-state index is 4.54. The molecule has 3 rings (SSSR count). The second kappa shape index (κ2) is 4.56. The first kappa shape index (κ1) is 10.9. The van der Waals surface area contributed by atoms with Crippen molar-refractivity contribution in [3.63, 3.8) is 0 Å². The molecule has 0 atom stereocenters. The number of rotatable bonds is 3. The maximum Gasteiger partial charge on any atom is 0.161 e. The molecule has 0 fully saturated rings. The number of aryl methyl sites for hydroxylation is 1. The molecule has 1 aromatic carbocycles. The molecule has 0 bridgehead atoms. The highest BCUT2D eigenvalue weighted by molar-refractivity contribution is 5.73. The topological polar surface area (TPSA) is 43.6 Å². The van der Waals surface area contributed by atoms with Gasteiger partial charge in [0.2, 0.25) is 0 Å². The maximum absolute atomic E-state index is 4.54. The molecule has 0 radical (unpaired) electrons. The van der Waals surface area contributed by atoms with Crippen molar-refractivity contribution in [1.29, 1.82) is 0 Å². The van der Waals surface area contributed by atoms with Crippen molar-refractivity contribution in [3.05, 3.63) is 54.1 Å². The smallest absolute Gasteiger partial charge is 0.161 e. The first-order chi connectivity index (χ1) is 8.86. The number of hydrogen-bond donors (Lipinski definition) is 0. The molecular formula is C14H14N4. The summed E-state index contributed by atoms with van der Waals surface area (Å²) in [5, 5.41) is 5.37. The summed E-state index contributed by atoms with van der Waals surface area (Å²) in [6, 6.07) is 10.3. The van der Waals surface area contributed by atoms with Crippen LogP contribution >= 0.6 is 0 Å². The van der Waals surface area contributed by atoms with E-state index in [1.807, 2.05) is 35.3 Å². The Kier molecular flexibility index (Phi) is 2.76. The molecule has 0 saturated heterocycles. The van der Waals surface area contributed by atoms with E-state index in [1.54, 1.807) is 0 Å². The van der Waals surface area contributed by atoms with Crippen LogP contribution in [0.5, 0.6) is 0 Å². The summed E-state index contributed by atoms with van der Waals surface area (Å²) in [7, 11) is 0. The first-order valence-electron chi connectivity index (χ1n) is 6.08. The molecule has 0 N–H and O–H groups in total. The molecule has 0 aliphatic heterocycles. The molecule has 0 saturated carbocycles. The van der Waals surface area contributed by atoms with Gasteiger partial charge in [0.25, 0.3) is 0 Å². The van der Waals surface area contributed by atoms with Gasteiger partial charge in [-0.2, -0.15) is 5.10 Å². The molecule has 18 heavy (non-hydrogen) atoms. The van der Waals surface area contributed by atoms with Gasteiger partial charge in [0, 0.05) is 12.6 Å². The lowest BCUT2D eigenvalue weighted by Gasteiger charge is -2.03. The van der Waals surface area contributed by atoms with E-state index in [2.05, 4.69) is 34.1 Å². The van der Waals surface area contributed by atoms with Crippen LogP contribution in [0, 0.1) is 0 Å². The van der Waals surface area contributed by atoms with Crippen molar-refractivity contribution in [2.45, 2.75) is 19.9 Å². The van der Waals surface area contributed by atoms with Gasteiger partial charge in [-0.3, -0.25) is 0 Å². The second-order valence-corrected chi connectivity index (χ2v) is 4.21. The third-order valence-electron chi connectivity index (χ3n) is 2.92. The van der Waals surface area contributed by atoms with E-state index in [-0.39, 0.29) is 0 Å². The lowest BCUT2D eigenvalue weighted by atomic mass is 10.2. The van der Waals surface area contributed by atoms with Crippen molar-refractivity contribution in [1.82, 2.24) is 19.7 Å². The predicted molar refractivity (Wildman–Crippen MR) is 70.2 cm³/mol. The molecule has 0 amide bonds. The van der Waals surface area contributed by atoms with Crippen LogP contribution in [0.2, 0.25) is 0 Å². The SMILES string of the molecule is CCc1ncc2cnn(Cc3ccccc3)c2n1. The third kappa shape index (κ3) is 1.97. The largest absolute Gasteiger partial charge is 0.243 e. The van der Waals surface area contributed by atoms with Crippen LogP contribution in [-0.4, -0.2) is 19.7 Å². The predicted octanol–water partition coefficient (Wildman–Crippen LogP) is 2.44. The lowest BCUT2D eigenvalue weighted by molar-refractivity contribution is 0.701.